The van der Waals surface area contributed by atoms with Gasteiger partial charge in [0.2, 0.25) is 0 Å². The second-order valence-corrected chi connectivity index (χ2v) is 4.41. The largest absolute Gasteiger partial charge is 0.481 e. The number of pyridine rings is 1. The van der Waals surface area contributed by atoms with Crippen molar-refractivity contribution in [2.75, 3.05) is 0 Å². The van der Waals surface area contributed by atoms with Crippen LogP contribution < -0.4 is 4.74 Å². The van der Waals surface area contributed by atoms with Crippen LogP contribution in [0.4, 0.5) is 13.2 Å². The van der Waals surface area contributed by atoms with Crippen LogP contribution in [0, 0.1) is 0 Å². The molecule has 0 N–H and O–H groups in total. The van der Waals surface area contributed by atoms with Crippen LogP contribution in [0.3, 0.4) is 0 Å². The fourth-order valence-corrected chi connectivity index (χ4v) is 2.01. The Morgan fingerprint density at radius 1 is 1.05 bits per heavy atom. The number of halogens is 3. The predicted molar refractivity (Wildman–Crippen MR) is 68.1 cm³/mol. The van der Waals surface area contributed by atoms with Crippen LogP contribution in [0.5, 0.6) is 5.75 Å². The van der Waals surface area contributed by atoms with Crippen molar-refractivity contribution in [2.24, 2.45) is 0 Å². The van der Waals surface area contributed by atoms with Gasteiger partial charge >= 0.3 is 6.18 Å². The van der Waals surface area contributed by atoms with E-state index in [2.05, 4.69) is 4.98 Å². The third-order valence-corrected chi connectivity index (χ3v) is 3.03. The lowest BCUT2D eigenvalue weighted by atomic mass is 10.1. The van der Waals surface area contributed by atoms with Gasteiger partial charge in [0.1, 0.15) is 17.5 Å². The van der Waals surface area contributed by atoms with Gasteiger partial charge < -0.3 is 4.74 Å². The summed E-state index contributed by atoms with van der Waals surface area (Å²) in [5, 5.41) is 0. The van der Waals surface area contributed by atoms with Gasteiger partial charge in [0, 0.05) is 17.3 Å². The second-order valence-electron chi connectivity index (χ2n) is 4.41. The molecule has 2 nitrogen and oxygen atoms in total. The first-order valence-electron chi connectivity index (χ1n) is 6.01. The molecule has 20 heavy (non-hydrogen) atoms. The quantitative estimate of drug-likeness (QED) is 0.777. The molecule has 102 valence electrons. The van der Waals surface area contributed by atoms with Crippen molar-refractivity contribution in [3.05, 3.63) is 65.5 Å². The Balaban J connectivity index is 1.85. The summed E-state index contributed by atoms with van der Waals surface area (Å²) >= 11 is 0. The van der Waals surface area contributed by atoms with Crippen LogP contribution in [-0.4, -0.2) is 4.98 Å². The fourth-order valence-electron chi connectivity index (χ4n) is 2.01. The van der Waals surface area contributed by atoms with E-state index in [4.69, 9.17) is 4.74 Å². The van der Waals surface area contributed by atoms with Crippen molar-refractivity contribution < 1.29 is 17.9 Å². The molecule has 0 aliphatic carbocycles. The zero-order valence-corrected chi connectivity index (χ0v) is 10.3. The van der Waals surface area contributed by atoms with E-state index in [0.717, 1.165) is 11.6 Å². The number of hydrogen-bond acceptors (Lipinski definition) is 2. The number of fused-ring (bicyclic) bond motifs is 1. The highest BCUT2D eigenvalue weighted by Crippen LogP contribution is 2.33. The van der Waals surface area contributed by atoms with E-state index in [1.54, 1.807) is 6.08 Å². The first-order valence-corrected chi connectivity index (χ1v) is 6.01. The van der Waals surface area contributed by atoms with Gasteiger partial charge in [-0.3, -0.25) is 4.98 Å². The van der Waals surface area contributed by atoms with Crippen molar-refractivity contribution in [1.82, 2.24) is 4.98 Å². The van der Waals surface area contributed by atoms with Gasteiger partial charge in [-0.2, -0.15) is 13.2 Å². The summed E-state index contributed by atoms with van der Waals surface area (Å²) in [7, 11) is 0. The number of benzene rings is 1. The van der Waals surface area contributed by atoms with Crippen LogP contribution in [0.1, 0.15) is 22.9 Å². The Hall–Kier alpha value is -2.30. The lowest BCUT2D eigenvalue weighted by Gasteiger charge is -2.21. The van der Waals surface area contributed by atoms with Gasteiger partial charge in [-0.25, -0.2) is 0 Å². The smallest absolute Gasteiger partial charge is 0.433 e. The first kappa shape index (κ1) is 12.7. The van der Waals surface area contributed by atoms with Crippen LogP contribution >= 0.6 is 0 Å². The minimum atomic E-state index is -4.42. The highest BCUT2D eigenvalue weighted by atomic mass is 19.4. The SMILES string of the molecule is FC(F)(F)c1ccc(C2C=Cc3ccccc3O2)cn1. The average Bonchev–Trinajstić information content (AvgIpc) is 2.46. The van der Waals surface area contributed by atoms with Crippen molar-refractivity contribution in [2.45, 2.75) is 12.3 Å². The van der Waals surface area contributed by atoms with E-state index >= 15 is 0 Å². The highest BCUT2D eigenvalue weighted by Gasteiger charge is 2.32. The summed E-state index contributed by atoms with van der Waals surface area (Å²) in [6.07, 6.45) is 0.0492. The molecule has 1 atom stereocenters. The van der Waals surface area contributed by atoms with Crippen LogP contribution in [0.15, 0.2) is 48.7 Å². The maximum atomic E-state index is 12.5. The van der Waals surface area contributed by atoms with E-state index in [0.29, 0.717) is 11.3 Å². The molecule has 1 aromatic heterocycles. The van der Waals surface area contributed by atoms with Crippen LogP contribution in [0.2, 0.25) is 0 Å². The summed E-state index contributed by atoms with van der Waals surface area (Å²) < 4.78 is 43.1. The van der Waals surface area contributed by atoms with Gasteiger partial charge in [0.15, 0.2) is 0 Å². The Kier molecular flexibility index (Phi) is 2.97. The predicted octanol–water partition coefficient (Wildman–Crippen LogP) is 4.25. The Labute approximate surface area is 113 Å². The molecule has 0 fully saturated rings. The molecule has 0 amide bonds. The van der Waals surface area contributed by atoms with E-state index < -0.39 is 18.0 Å². The molecule has 0 bridgehead atoms. The molecular weight excluding hydrogens is 267 g/mol. The maximum absolute atomic E-state index is 12.5. The van der Waals surface area contributed by atoms with Gasteiger partial charge in [-0.1, -0.05) is 30.3 Å². The van der Waals surface area contributed by atoms with Crippen LogP contribution in [-0.2, 0) is 6.18 Å². The summed E-state index contributed by atoms with van der Waals surface area (Å²) in [5.74, 6) is 0.708. The number of aromatic nitrogens is 1. The monoisotopic (exact) mass is 277 g/mol. The number of alkyl halides is 3. The number of ether oxygens (including phenoxy) is 1. The van der Waals surface area contributed by atoms with Gasteiger partial charge in [-0.05, 0) is 18.2 Å². The molecule has 3 rings (SSSR count). The molecule has 1 unspecified atom stereocenters. The van der Waals surface area contributed by atoms with Crippen molar-refractivity contribution in [3.8, 4) is 5.75 Å². The molecule has 5 heteroatoms. The molecule has 0 spiro atoms. The molecule has 1 aromatic carbocycles. The molecule has 2 aromatic rings. The van der Waals surface area contributed by atoms with E-state index in [9.17, 15) is 13.2 Å². The zero-order valence-electron chi connectivity index (χ0n) is 10.3. The molecule has 0 saturated carbocycles. The van der Waals surface area contributed by atoms with E-state index in [-0.39, 0.29) is 0 Å². The van der Waals surface area contributed by atoms with Gasteiger partial charge in [0.25, 0.3) is 0 Å². The standard InChI is InChI=1S/C15H10F3NO/c16-15(17,18)14-8-6-11(9-19-14)13-7-5-10-3-1-2-4-12(10)20-13/h1-9,13H. The van der Waals surface area contributed by atoms with Crippen molar-refractivity contribution >= 4 is 6.08 Å². The molecular formula is C15H10F3NO. The number of hydrogen-bond donors (Lipinski definition) is 0. The summed E-state index contributed by atoms with van der Waals surface area (Å²) in [6, 6.07) is 9.83. The first-order chi connectivity index (χ1) is 9.54. The fraction of sp³-hybridized carbons (Fsp3) is 0.133. The third-order valence-electron chi connectivity index (χ3n) is 3.03. The normalized spacial score (nSPS) is 17.4. The van der Waals surface area contributed by atoms with E-state index in [1.807, 2.05) is 30.3 Å². The number of para-hydroxylation sites is 1. The molecule has 0 radical (unpaired) electrons. The Bertz CT molecular complexity index is 647. The summed E-state index contributed by atoms with van der Waals surface area (Å²) in [4.78, 5) is 3.44. The minimum absolute atomic E-state index is 0.417. The Morgan fingerprint density at radius 3 is 2.55 bits per heavy atom. The van der Waals surface area contributed by atoms with Crippen LogP contribution in [0.25, 0.3) is 6.08 Å². The third kappa shape index (κ3) is 2.39. The molecule has 1 aliphatic heterocycles. The lowest BCUT2D eigenvalue weighted by Crippen LogP contribution is -2.11. The highest BCUT2D eigenvalue weighted by molar-refractivity contribution is 5.60. The number of nitrogens with zero attached hydrogens (tertiary/aromatic N) is 1. The zero-order chi connectivity index (χ0) is 14.2. The minimum Gasteiger partial charge on any atom is -0.481 e. The van der Waals surface area contributed by atoms with E-state index in [1.165, 1.54) is 12.3 Å². The second kappa shape index (κ2) is 4.67. The summed E-state index contributed by atoms with van der Waals surface area (Å²) in [5.41, 5.74) is 0.633. The van der Waals surface area contributed by atoms with Gasteiger partial charge in [-0.15, -0.1) is 0 Å². The van der Waals surface area contributed by atoms with Crippen molar-refractivity contribution in [1.29, 1.82) is 0 Å². The molecule has 1 aliphatic rings. The lowest BCUT2D eigenvalue weighted by molar-refractivity contribution is -0.141. The maximum Gasteiger partial charge on any atom is 0.433 e. The Morgan fingerprint density at radius 2 is 1.85 bits per heavy atom. The van der Waals surface area contributed by atoms with Gasteiger partial charge in [0.05, 0.1) is 0 Å². The summed E-state index contributed by atoms with van der Waals surface area (Å²) in [6.45, 7) is 0. The molecule has 2 heterocycles. The van der Waals surface area contributed by atoms with Crippen molar-refractivity contribution in [3.63, 3.8) is 0 Å². The number of rotatable bonds is 1. The average molecular weight is 277 g/mol. The topological polar surface area (TPSA) is 22.1 Å². The molecule has 0 saturated heterocycles.